The zero-order valence-corrected chi connectivity index (χ0v) is 12.8. The van der Waals surface area contributed by atoms with Gasteiger partial charge in [-0.05, 0) is 43.5 Å². The van der Waals surface area contributed by atoms with Crippen LogP contribution in [0.2, 0.25) is 0 Å². The molecule has 21 heavy (non-hydrogen) atoms. The first-order chi connectivity index (χ1) is 9.71. The van der Waals surface area contributed by atoms with Gasteiger partial charge in [0.05, 0.1) is 5.41 Å². The molecular weight excluding hydrogens is 291 g/mol. The monoisotopic (exact) mass is 312 g/mol. The fraction of sp³-hybridized carbons (Fsp3) is 0.562. The average Bonchev–Trinajstić information content (AvgIpc) is 3.10. The van der Waals surface area contributed by atoms with Crippen molar-refractivity contribution in [3.05, 3.63) is 35.6 Å². The number of amides is 1. The predicted molar refractivity (Wildman–Crippen MR) is 83.2 cm³/mol. The smallest absolute Gasteiger partial charge is 0.230 e. The third kappa shape index (κ3) is 3.22. The van der Waals surface area contributed by atoms with E-state index in [1.165, 1.54) is 12.1 Å². The first kappa shape index (κ1) is 16.2. The second kappa shape index (κ2) is 6.75. The molecule has 2 N–H and O–H groups in total. The second-order valence-corrected chi connectivity index (χ2v) is 5.96. The lowest BCUT2D eigenvalue weighted by Gasteiger charge is -2.30. The summed E-state index contributed by atoms with van der Waals surface area (Å²) in [6.07, 6.45) is 4.69. The highest BCUT2D eigenvalue weighted by atomic mass is 35.5. The van der Waals surface area contributed by atoms with E-state index < -0.39 is 5.41 Å². The molecule has 1 aromatic carbocycles. The van der Waals surface area contributed by atoms with E-state index >= 15 is 0 Å². The van der Waals surface area contributed by atoms with Crippen molar-refractivity contribution in [3.8, 4) is 0 Å². The van der Waals surface area contributed by atoms with Crippen LogP contribution in [0, 0.1) is 5.82 Å². The molecular formula is C16H22ClFN2O. The Morgan fingerprint density at radius 3 is 2.71 bits per heavy atom. The molecule has 1 aliphatic carbocycles. The molecule has 1 aromatic rings. The SMILES string of the molecule is Cl.O=C(NC1CCNC1)C1(c2cccc(F)c2)CCCC1. The normalized spacial score (nSPS) is 23.6. The maximum atomic E-state index is 13.5. The lowest BCUT2D eigenvalue weighted by molar-refractivity contribution is -0.127. The average molecular weight is 313 g/mol. The summed E-state index contributed by atoms with van der Waals surface area (Å²) in [6.45, 7) is 1.79. The van der Waals surface area contributed by atoms with Gasteiger partial charge >= 0.3 is 0 Å². The second-order valence-electron chi connectivity index (χ2n) is 5.96. The minimum absolute atomic E-state index is 0. The van der Waals surface area contributed by atoms with E-state index in [4.69, 9.17) is 0 Å². The van der Waals surface area contributed by atoms with E-state index in [1.807, 2.05) is 6.07 Å². The van der Waals surface area contributed by atoms with Crippen LogP contribution < -0.4 is 10.6 Å². The standard InChI is InChI=1S/C16H21FN2O.ClH/c17-13-5-3-4-12(10-13)16(7-1-2-8-16)15(20)19-14-6-9-18-11-14;/h3-5,10,14,18H,1-2,6-9,11H2,(H,19,20);1H. The molecule has 3 nitrogen and oxygen atoms in total. The maximum Gasteiger partial charge on any atom is 0.230 e. The molecule has 1 unspecified atom stereocenters. The molecule has 0 radical (unpaired) electrons. The number of nitrogens with one attached hydrogen (secondary N) is 2. The highest BCUT2D eigenvalue weighted by molar-refractivity contribution is 5.88. The molecule has 0 spiro atoms. The van der Waals surface area contributed by atoms with Gasteiger partial charge in [0.1, 0.15) is 5.82 Å². The molecule has 1 atom stereocenters. The fourth-order valence-electron chi connectivity index (χ4n) is 3.51. The van der Waals surface area contributed by atoms with Gasteiger partial charge in [-0.1, -0.05) is 25.0 Å². The Morgan fingerprint density at radius 2 is 2.10 bits per heavy atom. The molecule has 2 fully saturated rings. The topological polar surface area (TPSA) is 41.1 Å². The minimum Gasteiger partial charge on any atom is -0.351 e. The van der Waals surface area contributed by atoms with Crippen molar-refractivity contribution in [2.24, 2.45) is 0 Å². The van der Waals surface area contributed by atoms with E-state index in [1.54, 1.807) is 6.07 Å². The van der Waals surface area contributed by atoms with Crippen LogP contribution in [-0.4, -0.2) is 25.0 Å². The minimum atomic E-state index is -0.523. The van der Waals surface area contributed by atoms with Crippen LogP contribution in [-0.2, 0) is 10.2 Å². The Labute approximate surface area is 131 Å². The van der Waals surface area contributed by atoms with Crippen molar-refractivity contribution in [2.45, 2.75) is 43.6 Å². The van der Waals surface area contributed by atoms with E-state index in [9.17, 15) is 9.18 Å². The van der Waals surface area contributed by atoms with E-state index in [0.29, 0.717) is 0 Å². The van der Waals surface area contributed by atoms with Crippen molar-refractivity contribution in [3.63, 3.8) is 0 Å². The highest BCUT2D eigenvalue weighted by Crippen LogP contribution is 2.41. The third-order valence-electron chi connectivity index (χ3n) is 4.66. The Kier molecular flexibility index (Phi) is 5.22. The van der Waals surface area contributed by atoms with Gasteiger partial charge in [-0.25, -0.2) is 4.39 Å². The molecule has 1 amide bonds. The van der Waals surface area contributed by atoms with Crippen LogP contribution >= 0.6 is 12.4 Å². The molecule has 0 aromatic heterocycles. The summed E-state index contributed by atoms with van der Waals surface area (Å²) in [6, 6.07) is 6.77. The predicted octanol–water partition coefficient (Wildman–Crippen LogP) is 2.54. The molecule has 0 bridgehead atoms. The van der Waals surface area contributed by atoms with Gasteiger partial charge in [-0.3, -0.25) is 4.79 Å². The van der Waals surface area contributed by atoms with E-state index in [-0.39, 0.29) is 30.2 Å². The van der Waals surface area contributed by atoms with Crippen molar-refractivity contribution in [1.29, 1.82) is 0 Å². The van der Waals surface area contributed by atoms with Crippen LogP contribution in [0.5, 0.6) is 0 Å². The van der Waals surface area contributed by atoms with Gasteiger partial charge in [0.25, 0.3) is 0 Å². The first-order valence-electron chi connectivity index (χ1n) is 7.48. The number of hydrogen-bond donors (Lipinski definition) is 2. The molecule has 1 saturated carbocycles. The Balaban J connectivity index is 0.00000161. The van der Waals surface area contributed by atoms with Crippen LogP contribution in [0.15, 0.2) is 24.3 Å². The summed E-state index contributed by atoms with van der Waals surface area (Å²) in [5, 5.41) is 6.41. The quantitative estimate of drug-likeness (QED) is 0.900. The van der Waals surface area contributed by atoms with Gasteiger partial charge in [0.2, 0.25) is 5.91 Å². The van der Waals surface area contributed by atoms with Crippen LogP contribution in [0.3, 0.4) is 0 Å². The molecule has 2 aliphatic rings. The van der Waals surface area contributed by atoms with Gasteiger partial charge in [-0.15, -0.1) is 12.4 Å². The Morgan fingerprint density at radius 1 is 1.33 bits per heavy atom. The first-order valence-corrected chi connectivity index (χ1v) is 7.48. The molecule has 1 aliphatic heterocycles. The summed E-state index contributed by atoms with van der Waals surface area (Å²) >= 11 is 0. The van der Waals surface area contributed by atoms with Gasteiger partial charge in [-0.2, -0.15) is 0 Å². The third-order valence-corrected chi connectivity index (χ3v) is 4.66. The van der Waals surface area contributed by atoms with Gasteiger partial charge in [0.15, 0.2) is 0 Å². The molecule has 1 saturated heterocycles. The van der Waals surface area contributed by atoms with Crippen molar-refractivity contribution < 1.29 is 9.18 Å². The Bertz CT molecular complexity index is 497. The number of hydrogen-bond acceptors (Lipinski definition) is 2. The number of rotatable bonds is 3. The lowest BCUT2D eigenvalue weighted by atomic mass is 9.77. The zero-order valence-electron chi connectivity index (χ0n) is 12.0. The van der Waals surface area contributed by atoms with Gasteiger partial charge in [0, 0.05) is 12.6 Å². The lowest BCUT2D eigenvalue weighted by Crippen LogP contribution is -2.47. The number of benzene rings is 1. The summed E-state index contributed by atoms with van der Waals surface area (Å²) in [5.74, 6) is -0.182. The number of halogens is 2. The summed E-state index contributed by atoms with van der Waals surface area (Å²) < 4.78 is 13.5. The molecule has 3 rings (SSSR count). The van der Waals surface area contributed by atoms with Crippen LogP contribution in [0.25, 0.3) is 0 Å². The van der Waals surface area contributed by atoms with Crippen LogP contribution in [0.4, 0.5) is 4.39 Å². The van der Waals surface area contributed by atoms with Crippen LogP contribution in [0.1, 0.15) is 37.7 Å². The molecule has 5 heteroatoms. The van der Waals surface area contributed by atoms with Crippen molar-refractivity contribution in [2.75, 3.05) is 13.1 Å². The highest BCUT2D eigenvalue weighted by Gasteiger charge is 2.43. The number of carbonyl (C=O) groups excluding carboxylic acids is 1. The number of carbonyl (C=O) groups is 1. The summed E-state index contributed by atoms with van der Waals surface area (Å²) in [4.78, 5) is 12.8. The van der Waals surface area contributed by atoms with Crippen molar-refractivity contribution >= 4 is 18.3 Å². The van der Waals surface area contributed by atoms with Crippen molar-refractivity contribution in [1.82, 2.24) is 10.6 Å². The summed E-state index contributed by atoms with van der Waals surface area (Å²) in [5.41, 5.74) is 0.309. The largest absolute Gasteiger partial charge is 0.351 e. The fourth-order valence-corrected chi connectivity index (χ4v) is 3.51. The zero-order chi connectivity index (χ0) is 14.0. The molecule has 116 valence electrons. The van der Waals surface area contributed by atoms with Gasteiger partial charge < -0.3 is 10.6 Å². The summed E-state index contributed by atoms with van der Waals surface area (Å²) in [7, 11) is 0. The maximum absolute atomic E-state index is 13.5. The van der Waals surface area contributed by atoms with E-state index in [0.717, 1.165) is 50.8 Å². The molecule has 1 heterocycles. The Hall–Kier alpha value is -1.13. The van der Waals surface area contributed by atoms with E-state index in [2.05, 4.69) is 10.6 Å².